The van der Waals surface area contributed by atoms with Crippen LogP contribution < -0.4 is 10.5 Å². The average molecular weight is 280 g/mol. The predicted molar refractivity (Wildman–Crippen MR) is 74.9 cm³/mol. The molecule has 2 N–H and O–H groups in total. The molecule has 0 spiro atoms. The smallest absolute Gasteiger partial charge is 0.263 e. The minimum atomic E-state index is -0.587. The molecule has 0 aliphatic carbocycles. The molecule has 1 fully saturated rings. The Morgan fingerprint density at radius 3 is 2.60 bits per heavy atom. The fourth-order valence-corrected chi connectivity index (χ4v) is 2.42. The molecular weight excluding hydrogens is 259 g/mol. The van der Waals surface area contributed by atoms with Gasteiger partial charge in [-0.1, -0.05) is 0 Å². The molecule has 1 aliphatic heterocycles. The summed E-state index contributed by atoms with van der Waals surface area (Å²) in [7, 11) is 0. The van der Waals surface area contributed by atoms with Crippen LogP contribution in [0.3, 0.4) is 0 Å². The third-order valence-electron chi connectivity index (χ3n) is 3.53. The van der Waals surface area contributed by atoms with Crippen LogP contribution >= 0.6 is 0 Å². The Morgan fingerprint density at radius 2 is 2.00 bits per heavy atom. The quantitative estimate of drug-likeness (QED) is 0.920. The van der Waals surface area contributed by atoms with E-state index in [9.17, 15) is 9.18 Å². The van der Waals surface area contributed by atoms with Crippen LogP contribution in [-0.2, 0) is 4.79 Å². The Morgan fingerprint density at radius 1 is 1.35 bits per heavy atom. The second-order valence-electron chi connectivity index (χ2n) is 5.26. The molecule has 2 rings (SSSR count). The summed E-state index contributed by atoms with van der Waals surface area (Å²) in [4.78, 5) is 14.0. The van der Waals surface area contributed by atoms with Crippen molar-refractivity contribution < 1.29 is 13.9 Å². The molecule has 4 nitrogen and oxygen atoms in total. The van der Waals surface area contributed by atoms with Gasteiger partial charge in [0.1, 0.15) is 11.6 Å². The largest absolute Gasteiger partial charge is 0.481 e. The maximum Gasteiger partial charge on any atom is 0.263 e. The summed E-state index contributed by atoms with van der Waals surface area (Å²) in [6, 6.07) is 3.85. The van der Waals surface area contributed by atoms with Gasteiger partial charge in [0.05, 0.1) is 0 Å². The molecule has 1 aliphatic rings. The van der Waals surface area contributed by atoms with Gasteiger partial charge >= 0.3 is 0 Å². The maximum atomic E-state index is 13.3. The molecule has 1 aromatic carbocycles. The first-order valence-corrected chi connectivity index (χ1v) is 6.99. The number of halogens is 1. The lowest BCUT2D eigenvalue weighted by Gasteiger charge is -2.23. The minimum Gasteiger partial charge on any atom is -0.481 e. The minimum absolute atomic E-state index is 0.0255. The molecule has 0 radical (unpaired) electrons. The Kier molecular flexibility index (Phi) is 4.60. The number of carbonyl (C=O) groups excluding carboxylic acids is 1. The van der Waals surface area contributed by atoms with E-state index in [1.54, 1.807) is 18.7 Å². The van der Waals surface area contributed by atoms with Gasteiger partial charge in [0.2, 0.25) is 0 Å². The monoisotopic (exact) mass is 280 g/mol. The maximum absolute atomic E-state index is 13.3. The molecule has 2 atom stereocenters. The highest BCUT2D eigenvalue weighted by atomic mass is 19.1. The standard InChI is InChI=1S/C15H21FN2O2/c1-10(17)13-9-12(16)5-6-14(13)20-11(2)15(19)18-7-3-4-8-18/h5-6,9-11H,3-4,7-8,17H2,1-2H3/t10-,11?/m0/s1. The second-order valence-corrected chi connectivity index (χ2v) is 5.26. The number of hydrogen-bond donors (Lipinski definition) is 1. The summed E-state index contributed by atoms with van der Waals surface area (Å²) in [5.41, 5.74) is 6.39. The van der Waals surface area contributed by atoms with Crippen molar-refractivity contribution in [1.29, 1.82) is 0 Å². The molecule has 1 heterocycles. The lowest BCUT2D eigenvalue weighted by molar-refractivity contribution is -0.136. The average Bonchev–Trinajstić information content (AvgIpc) is 2.93. The number of amides is 1. The summed E-state index contributed by atoms with van der Waals surface area (Å²) < 4.78 is 19.0. The molecular formula is C15H21FN2O2. The highest BCUT2D eigenvalue weighted by Gasteiger charge is 2.25. The molecule has 5 heteroatoms. The van der Waals surface area contributed by atoms with Crippen molar-refractivity contribution in [3.05, 3.63) is 29.6 Å². The number of benzene rings is 1. The molecule has 1 saturated heterocycles. The second kappa shape index (κ2) is 6.22. The van der Waals surface area contributed by atoms with Gasteiger partial charge in [-0.2, -0.15) is 0 Å². The zero-order valence-electron chi connectivity index (χ0n) is 11.9. The van der Waals surface area contributed by atoms with Crippen molar-refractivity contribution >= 4 is 5.91 Å². The lowest BCUT2D eigenvalue weighted by Crippen LogP contribution is -2.38. The topological polar surface area (TPSA) is 55.6 Å². The third kappa shape index (κ3) is 3.28. The van der Waals surface area contributed by atoms with Crippen molar-refractivity contribution in [2.24, 2.45) is 5.73 Å². The first kappa shape index (κ1) is 14.8. The van der Waals surface area contributed by atoms with E-state index in [-0.39, 0.29) is 17.8 Å². The van der Waals surface area contributed by atoms with Crippen molar-refractivity contribution in [2.75, 3.05) is 13.1 Å². The van der Waals surface area contributed by atoms with Gasteiger partial charge in [0.15, 0.2) is 6.10 Å². The molecule has 20 heavy (non-hydrogen) atoms. The SMILES string of the molecule is CC(Oc1ccc(F)cc1[C@H](C)N)C(=O)N1CCCC1. The Hall–Kier alpha value is -1.62. The number of nitrogens with zero attached hydrogens (tertiary/aromatic N) is 1. The van der Waals surface area contributed by atoms with Crippen LogP contribution in [0.5, 0.6) is 5.75 Å². The van der Waals surface area contributed by atoms with Crippen molar-refractivity contribution in [3.8, 4) is 5.75 Å². The van der Waals surface area contributed by atoms with E-state index in [1.165, 1.54) is 18.2 Å². The van der Waals surface area contributed by atoms with Gasteiger partial charge in [-0.25, -0.2) is 4.39 Å². The van der Waals surface area contributed by atoms with E-state index in [0.29, 0.717) is 11.3 Å². The molecule has 1 unspecified atom stereocenters. The van der Waals surface area contributed by atoms with E-state index in [0.717, 1.165) is 25.9 Å². The van der Waals surface area contributed by atoms with Crippen LogP contribution in [0.2, 0.25) is 0 Å². The molecule has 0 saturated carbocycles. The number of hydrogen-bond acceptors (Lipinski definition) is 3. The van der Waals surface area contributed by atoms with Gasteiger partial charge in [-0.05, 0) is 44.9 Å². The van der Waals surface area contributed by atoms with Crippen molar-refractivity contribution in [3.63, 3.8) is 0 Å². The summed E-state index contributed by atoms with van der Waals surface area (Å²) in [5.74, 6) is 0.0899. The normalized spacial score (nSPS) is 17.9. The van der Waals surface area contributed by atoms with Crippen molar-refractivity contribution in [2.45, 2.75) is 38.8 Å². The molecule has 1 aromatic rings. The van der Waals surface area contributed by atoms with E-state index < -0.39 is 6.10 Å². The number of nitrogens with two attached hydrogens (primary N) is 1. The molecule has 110 valence electrons. The first-order valence-electron chi connectivity index (χ1n) is 6.99. The van der Waals surface area contributed by atoms with Crippen LogP contribution in [0, 0.1) is 5.82 Å². The van der Waals surface area contributed by atoms with E-state index in [4.69, 9.17) is 10.5 Å². The zero-order valence-corrected chi connectivity index (χ0v) is 11.9. The van der Waals surface area contributed by atoms with Gasteiger partial charge in [-0.15, -0.1) is 0 Å². The van der Waals surface area contributed by atoms with Crippen LogP contribution in [0.4, 0.5) is 4.39 Å². The number of rotatable bonds is 4. The molecule has 0 aromatic heterocycles. The lowest BCUT2D eigenvalue weighted by atomic mass is 10.1. The highest BCUT2D eigenvalue weighted by molar-refractivity contribution is 5.81. The van der Waals surface area contributed by atoms with Crippen LogP contribution in [0.1, 0.15) is 38.3 Å². The fourth-order valence-electron chi connectivity index (χ4n) is 2.42. The van der Waals surface area contributed by atoms with Crippen LogP contribution in [0.15, 0.2) is 18.2 Å². The summed E-state index contributed by atoms with van der Waals surface area (Å²) >= 11 is 0. The molecule has 1 amide bonds. The van der Waals surface area contributed by atoms with E-state index >= 15 is 0 Å². The summed E-state index contributed by atoms with van der Waals surface area (Å²) in [5, 5.41) is 0. The Labute approximate surface area is 118 Å². The Balaban J connectivity index is 2.10. The highest BCUT2D eigenvalue weighted by Crippen LogP contribution is 2.26. The number of carbonyl (C=O) groups is 1. The van der Waals surface area contributed by atoms with E-state index in [2.05, 4.69) is 0 Å². The van der Waals surface area contributed by atoms with E-state index in [1.807, 2.05) is 0 Å². The Bertz CT molecular complexity index is 485. The third-order valence-corrected chi connectivity index (χ3v) is 3.53. The summed E-state index contributed by atoms with van der Waals surface area (Å²) in [6.45, 7) is 5.05. The zero-order chi connectivity index (χ0) is 14.7. The van der Waals surface area contributed by atoms with Crippen molar-refractivity contribution in [1.82, 2.24) is 4.90 Å². The van der Waals surface area contributed by atoms with Crippen LogP contribution in [0.25, 0.3) is 0 Å². The number of ether oxygens (including phenoxy) is 1. The predicted octanol–water partition coefficient (Wildman–Crippen LogP) is 2.24. The van der Waals surface area contributed by atoms with Gasteiger partial charge in [-0.3, -0.25) is 4.79 Å². The van der Waals surface area contributed by atoms with Gasteiger partial charge in [0, 0.05) is 24.7 Å². The fraction of sp³-hybridized carbons (Fsp3) is 0.533. The summed E-state index contributed by atoms with van der Waals surface area (Å²) in [6.07, 6.45) is 1.50. The molecule has 0 bridgehead atoms. The van der Waals surface area contributed by atoms with Gasteiger partial charge < -0.3 is 15.4 Å². The van der Waals surface area contributed by atoms with Gasteiger partial charge in [0.25, 0.3) is 5.91 Å². The van der Waals surface area contributed by atoms with Crippen LogP contribution in [-0.4, -0.2) is 30.0 Å². The first-order chi connectivity index (χ1) is 9.49. The number of likely N-dealkylation sites (tertiary alicyclic amines) is 1.